The first-order chi connectivity index (χ1) is 11.1. The van der Waals surface area contributed by atoms with E-state index in [2.05, 4.69) is 22.8 Å². The normalized spacial score (nSPS) is 12.0. The van der Waals surface area contributed by atoms with E-state index in [0.717, 1.165) is 12.0 Å². The Labute approximate surface area is 147 Å². The molecule has 2 aromatic rings. The zero-order valence-corrected chi connectivity index (χ0v) is 14.5. The fraction of sp³-hybridized carbons (Fsp3) is 0.278. The third kappa shape index (κ3) is 5.87. The highest BCUT2D eigenvalue weighted by molar-refractivity contribution is 6.35. The lowest BCUT2D eigenvalue weighted by Crippen LogP contribution is -2.36. The zero-order chi connectivity index (χ0) is 16.7. The van der Waals surface area contributed by atoms with Crippen LogP contribution in [0.2, 0.25) is 10.0 Å². The lowest BCUT2D eigenvalue weighted by Gasteiger charge is -2.16. The maximum absolute atomic E-state index is 11.9. The number of hydrogen-bond donors (Lipinski definition) is 2. The second kappa shape index (κ2) is 8.92. The van der Waals surface area contributed by atoms with E-state index in [1.807, 2.05) is 31.2 Å². The molecule has 1 amide bonds. The van der Waals surface area contributed by atoms with Gasteiger partial charge in [0.05, 0.1) is 6.54 Å². The summed E-state index contributed by atoms with van der Waals surface area (Å²) in [4.78, 5) is 11.9. The molecule has 0 aliphatic rings. The largest absolute Gasteiger partial charge is 0.355 e. The van der Waals surface area contributed by atoms with Crippen molar-refractivity contribution in [2.45, 2.75) is 19.4 Å². The van der Waals surface area contributed by atoms with E-state index in [-0.39, 0.29) is 18.5 Å². The summed E-state index contributed by atoms with van der Waals surface area (Å²) in [7, 11) is 0. The third-order valence-corrected chi connectivity index (χ3v) is 4.14. The van der Waals surface area contributed by atoms with Crippen molar-refractivity contribution in [3.05, 3.63) is 69.7 Å². The van der Waals surface area contributed by atoms with Crippen LogP contribution in [0.4, 0.5) is 0 Å². The lowest BCUT2D eigenvalue weighted by atomic mass is 10.1. The van der Waals surface area contributed by atoms with Crippen LogP contribution < -0.4 is 10.6 Å². The molecule has 0 bridgehead atoms. The summed E-state index contributed by atoms with van der Waals surface area (Å²) in [5, 5.41) is 7.27. The molecule has 0 aromatic heterocycles. The Bertz CT molecular complexity index is 647. The molecule has 2 rings (SSSR count). The zero-order valence-electron chi connectivity index (χ0n) is 13.0. The Balaban J connectivity index is 1.73. The standard InChI is InChI=1S/C18H20Cl2N2O/c1-13(16-8-7-15(19)11-17(16)20)22-12-18(23)21-10-9-14-5-3-2-4-6-14/h2-8,11,13,22H,9-10,12H2,1H3,(H,21,23)/t13-/m1/s1. The molecular formula is C18H20Cl2N2O. The number of halogens is 2. The summed E-state index contributed by atoms with van der Waals surface area (Å²) in [5.41, 5.74) is 2.13. The third-order valence-electron chi connectivity index (χ3n) is 3.58. The molecule has 5 heteroatoms. The summed E-state index contributed by atoms with van der Waals surface area (Å²) >= 11 is 12.1. The van der Waals surface area contributed by atoms with E-state index in [1.54, 1.807) is 12.1 Å². The monoisotopic (exact) mass is 350 g/mol. The summed E-state index contributed by atoms with van der Waals surface area (Å²) in [6, 6.07) is 15.4. The maximum Gasteiger partial charge on any atom is 0.233 e. The van der Waals surface area contributed by atoms with Crippen LogP contribution in [-0.2, 0) is 11.2 Å². The molecule has 0 saturated carbocycles. The Morgan fingerprint density at radius 2 is 1.87 bits per heavy atom. The second-order valence-corrected chi connectivity index (χ2v) is 6.20. The van der Waals surface area contributed by atoms with Gasteiger partial charge in [-0.05, 0) is 36.6 Å². The first-order valence-corrected chi connectivity index (χ1v) is 8.31. The van der Waals surface area contributed by atoms with Gasteiger partial charge < -0.3 is 10.6 Å². The summed E-state index contributed by atoms with van der Waals surface area (Å²) < 4.78 is 0. The minimum Gasteiger partial charge on any atom is -0.355 e. The quantitative estimate of drug-likeness (QED) is 0.792. The number of benzene rings is 2. The fourth-order valence-electron chi connectivity index (χ4n) is 2.26. The highest BCUT2D eigenvalue weighted by atomic mass is 35.5. The Morgan fingerprint density at radius 1 is 1.13 bits per heavy atom. The SMILES string of the molecule is C[C@@H](NCC(=O)NCCc1ccccc1)c1ccc(Cl)cc1Cl. The van der Waals surface area contributed by atoms with Crippen molar-refractivity contribution < 1.29 is 4.79 Å². The molecule has 2 aromatic carbocycles. The Hall–Kier alpha value is -1.55. The van der Waals surface area contributed by atoms with E-state index >= 15 is 0 Å². The highest BCUT2D eigenvalue weighted by Crippen LogP contribution is 2.25. The highest BCUT2D eigenvalue weighted by Gasteiger charge is 2.11. The number of amides is 1. The van der Waals surface area contributed by atoms with Gasteiger partial charge in [0.1, 0.15) is 0 Å². The van der Waals surface area contributed by atoms with Crippen molar-refractivity contribution in [2.75, 3.05) is 13.1 Å². The minimum atomic E-state index is -0.0298. The Morgan fingerprint density at radius 3 is 2.57 bits per heavy atom. The average Bonchev–Trinajstić information content (AvgIpc) is 2.53. The molecule has 0 spiro atoms. The van der Waals surface area contributed by atoms with Crippen molar-refractivity contribution in [2.24, 2.45) is 0 Å². The van der Waals surface area contributed by atoms with Gasteiger partial charge in [-0.25, -0.2) is 0 Å². The van der Waals surface area contributed by atoms with Crippen LogP contribution in [0.25, 0.3) is 0 Å². The molecule has 2 N–H and O–H groups in total. The van der Waals surface area contributed by atoms with Crippen molar-refractivity contribution >= 4 is 29.1 Å². The molecule has 0 saturated heterocycles. The van der Waals surface area contributed by atoms with E-state index in [0.29, 0.717) is 16.6 Å². The molecule has 0 heterocycles. The topological polar surface area (TPSA) is 41.1 Å². The van der Waals surface area contributed by atoms with E-state index in [1.165, 1.54) is 5.56 Å². The van der Waals surface area contributed by atoms with Crippen LogP contribution in [-0.4, -0.2) is 19.0 Å². The first kappa shape index (κ1) is 17.8. The molecule has 0 fully saturated rings. The van der Waals surface area contributed by atoms with Gasteiger partial charge in [-0.1, -0.05) is 59.6 Å². The second-order valence-electron chi connectivity index (χ2n) is 5.35. The molecule has 0 aliphatic heterocycles. The number of nitrogens with one attached hydrogen (secondary N) is 2. The molecular weight excluding hydrogens is 331 g/mol. The molecule has 23 heavy (non-hydrogen) atoms. The van der Waals surface area contributed by atoms with Crippen LogP contribution >= 0.6 is 23.2 Å². The Kier molecular flexibility index (Phi) is 6.90. The lowest BCUT2D eigenvalue weighted by molar-refractivity contribution is -0.120. The minimum absolute atomic E-state index is 0.0281. The van der Waals surface area contributed by atoms with Crippen LogP contribution in [0.3, 0.4) is 0 Å². The van der Waals surface area contributed by atoms with Crippen molar-refractivity contribution in [1.82, 2.24) is 10.6 Å². The molecule has 0 unspecified atom stereocenters. The summed E-state index contributed by atoms with van der Waals surface area (Å²) in [5.74, 6) is -0.0298. The van der Waals surface area contributed by atoms with E-state index in [4.69, 9.17) is 23.2 Å². The molecule has 0 radical (unpaired) electrons. The maximum atomic E-state index is 11.9. The molecule has 122 valence electrons. The van der Waals surface area contributed by atoms with E-state index < -0.39 is 0 Å². The number of rotatable bonds is 7. The smallest absolute Gasteiger partial charge is 0.233 e. The van der Waals surface area contributed by atoms with Crippen molar-refractivity contribution in [3.8, 4) is 0 Å². The molecule has 0 aliphatic carbocycles. The van der Waals surface area contributed by atoms with Crippen LogP contribution in [0, 0.1) is 0 Å². The van der Waals surface area contributed by atoms with Gasteiger partial charge >= 0.3 is 0 Å². The first-order valence-electron chi connectivity index (χ1n) is 7.55. The van der Waals surface area contributed by atoms with Gasteiger partial charge in [0.25, 0.3) is 0 Å². The van der Waals surface area contributed by atoms with Crippen LogP contribution in [0.5, 0.6) is 0 Å². The van der Waals surface area contributed by atoms with E-state index in [9.17, 15) is 4.79 Å². The summed E-state index contributed by atoms with van der Waals surface area (Å²) in [6.45, 7) is 2.84. The van der Waals surface area contributed by atoms with Crippen molar-refractivity contribution in [3.63, 3.8) is 0 Å². The number of hydrogen-bond acceptors (Lipinski definition) is 2. The molecule has 1 atom stereocenters. The summed E-state index contributed by atoms with van der Waals surface area (Å²) in [6.07, 6.45) is 0.825. The van der Waals surface area contributed by atoms with Gasteiger partial charge in [0.2, 0.25) is 5.91 Å². The van der Waals surface area contributed by atoms with Crippen LogP contribution in [0.15, 0.2) is 48.5 Å². The van der Waals surface area contributed by atoms with Gasteiger partial charge in [-0.3, -0.25) is 4.79 Å². The van der Waals surface area contributed by atoms with Crippen molar-refractivity contribution in [1.29, 1.82) is 0 Å². The van der Waals surface area contributed by atoms with Gasteiger partial charge in [-0.2, -0.15) is 0 Å². The fourth-order valence-corrected chi connectivity index (χ4v) is 2.83. The number of carbonyl (C=O) groups excluding carboxylic acids is 1. The number of carbonyl (C=O) groups is 1. The van der Waals surface area contributed by atoms with Gasteiger partial charge in [0.15, 0.2) is 0 Å². The average molecular weight is 351 g/mol. The predicted molar refractivity (Wildman–Crippen MR) is 96.0 cm³/mol. The van der Waals surface area contributed by atoms with Crippen LogP contribution in [0.1, 0.15) is 24.1 Å². The van der Waals surface area contributed by atoms with Gasteiger partial charge in [0, 0.05) is 22.6 Å². The van der Waals surface area contributed by atoms with Gasteiger partial charge in [-0.15, -0.1) is 0 Å². The predicted octanol–water partition coefficient (Wildman–Crippen LogP) is 4.00. The molecule has 3 nitrogen and oxygen atoms in total.